The van der Waals surface area contributed by atoms with Crippen LogP contribution in [0.3, 0.4) is 0 Å². The Morgan fingerprint density at radius 2 is 1.68 bits per heavy atom. The molecule has 0 bridgehead atoms. The van der Waals surface area contributed by atoms with Crippen LogP contribution in [0.25, 0.3) is 21.9 Å². The summed E-state index contributed by atoms with van der Waals surface area (Å²) in [6.07, 6.45) is 3.39. The van der Waals surface area contributed by atoms with Gasteiger partial charge in [-0.25, -0.2) is 0 Å². The van der Waals surface area contributed by atoms with Crippen LogP contribution < -0.4 is 9.47 Å². The van der Waals surface area contributed by atoms with Crippen LogP contribution in [0.1, 0.15) is 24.0 Å². The van der Waals surface area contributed by atoms with Crippen LogP contribution in [0.15, 0.2) is 78.9 Å². The molecule has 174 valence electrons. The van der Waals surface area contributed by atoms with Gasteiger partial charge in [0.05, 0.1) is 7.11 Å². The van der Waals surface area contributed by atoms with Crippen LogP contribution in [-0.4, -0.2) is 43.4 Å². The standard InChI is InChI=1S/C30H31NO3/c1-33-27-6-4-5-23(21-27)28-13-9-24-20-25(32)10-14-29(24)30(28)19-22-7-11-26(12-8-22)34-18-17-31-15-2-3-16-31/h4-14,20-21,32H,2-3,15-19H2,1H3. The SMILES string of the molecule is COc1cccc(-c2ccc3cc(O)ccc3c2Cc2ccc(OCCN3CCCC3)cc2)c1. The number of hydrogen-bond acceptors (Lipinski definition) is 4. The molecule has 4 heteroatoms. The van der Waals surface area contributed by atoms with E-state index in [1.807, 2.05) is 24.3 Å². The number of benzene rings is 4. The Kier molecular flexibility index (Phi) is 6.68. The van der Waals surface area contributed by atoms with E-state index in [2.05, 4.69) is 53.4 Å². The van der Waals surface area contributed by atoms with Crippen LogP contribution in [0.4, 0.5) is 0 Å². The first-order valence-electron chi connectivity index (χ1n) is 12.0. The number of likely N-dealkylation sites (tertiary alicyclic amines) is 1. The zero-order valence-electron chi connectivity index (χ0n) is 19.7. The summed E-state index contributed by atoms with van der Waals surface area (Å²) >= 11 is 0. The molecular weight excluding hydrogens is 422 g/mol. The van der Waals surface area contributed by atoms with Crippen LogP contribution >= 0.6 is 0 Å². The van der Waals surface area contributed by atoms with Crippen molar-refractivity contribution in [3.63, 3.8) is 0 Å². The summed E-state index contributed by atoms with van der Waals surface area (Å²) in [5.74, 6) is 2.03. The number of ether oxygens (including phenoxy) is 2. The first-order chi connectivity index (χ1) is 16.7. The van der Waals surface area contributed by atoms with Gasteiger partial charge in [0.25, 0.3) is 0 Å². The van der Waals surface area contributed by atoms with Gasteiger partial charge in [-0.2, -0.15) is 0 Å². The summed E-state index contributed by atoms with van der Waals surface area (Å²) in [5, 5.41) is 12.2. The number of nitrogens with zero attached hydrogens (tertiary/aromatic N) is 1. The number of phenols is 1. The summed E-state index contributed by atoms with van der Waals surface area (Å²) < 4.78 is 11.5. The molecular formula is C30H31NO3. The van der Waals surface area contributed by atoms with E-state index in [1.54, 1.807) is 13.2 Å². The summed E-state index contributed by atoms with van der Waals surface area (Å²) in [6, 6.07) is 26.4. The van der Waals surface area contributed by atoms with Crippen LogP contribution in [0, 0.1) is 0 Å². The minimum absolute atomic E-state index is 0.281. The van der Waals surface area contributed by atoms with Gasteiger partial charge in [-0.3, -0.25) is 4.90 Å². The van der Waals surface area contributed by atoms with Gasteiger partial charge in [0.2, 0.25) is 0 Å². The Morgan fingerprint density at radius 1 is 0.853 bits per heavy atom. The smallest absolute Gasteiger partial charge is 0.119 e. The van der Waals surface area contributed by atoms with Crippen molar-refractivity contribution in [2.45, 2.75) is 19.3 Å². The molecule has 1 heterocycles. The molecule has 5 rings (SSSR count). The number of phenolic OH excluding ortho intramolecular Hbond substituents is 1. The topological polar surface area (TPSA) is 41.9 Å². The van der Waals surface area contributed by atoms with Gasteiger partial charge in [0.1, 0.15) is 23.9 Å². The molecule has 4 aromatic carbocycles. The Labute approximate surface area is 201 Å². The highest BCUT2D eigenvalue weighted by Gasteiger charge is 2.13. The van der Waals surface area contributed by atoms with Gasteiger partial charge in [-0.05, 0) is 102 Å². The van der Waals surface area contributed by atoms with Gasteiger partial charge in [0, 0.05) is 6.54 Å². The van der Waals surface area contributed by atoms with E-state index in [-0.39, 0.29) is 5.75 Å². The van der Waals surface area contributed by atoms with E-state index in [0.717, 1.165) is 47.4 Å². The van der Waals surface area contributed by atoms with Crippen molar-refractivity contribution < 1.29 is 14.6 Å². The molecule has 0 radical (unpaired) electrons. The second kappa shape index (κ2) is 10.2. The van der Waals surface area contributed by atoms with Crippen molar-refractivity contribution in [3.8, 4) is 28.4 Å². The molecule has 0 aliphatic carbocycles. The van der Waals surface area contributed by atoms with Gasteiger partial charge < -0.3 is 14.6 Å². The average Bonchev–Trinajstić information content (AvgIpc) is 3.39. The fourth-order valence-electron chi connectivity index (χ4n) is 4.84. The Bertz CT molecular complexity index is 1260. The van der Waals surface area contributed by atoms with E-state index < -0.39 is 0 Å². The molecule has 0 aromatic heterocycles. The fraction of sp³-hybridized carbons (Fsp3) is 0.267. The Morgan fingerprint density at radius 3 is 2.47 bits per heavy atom. The number of hydrogen-bond donors (Lipinski definition) is 1. The normalized spacial score (nSPS) is 13.9. The largest absolute Gasteiger partial charge is 0.508 e. The number of rotatable bonds is 8. The highest BCUT2D eigenvalue weighted by molar-refractivity contribution is 5.93. The second-order valence-electron chi connectivity index (χ2n) is 8.95. The van der Waals surface area contributed by atoms with Gasteiger partial charge in [-0.15, -0.1) is 0 Å². The lowest BCUT2D eigenvalue weighted by molar-refractivity contribution is 0.238. The third-order valence-corrected chi connectivity index (χ3v) is 6.67. The van der Waals surface area contributed by atoms with Crippen LogP contribution in [-0.2, 0) is 6.42 Å². The molecule has 1 aliphatic heterocycles. The first kappa shape index (κ1) is 22.3. The predicted molar refractivity (Wildman–Crippen MR) is 138 cm³/mol. The lowest BCUT2D eigenvalue weighted by Gasteiger charge is -2.16. The van der Waals surface area contributed by atoms with Crippen LogP contribution in [0.2, 0.25) is 0 Å². The average molecular weight is 454 g/mol. The van der Waals surface area contributed by atoms with E-state index in [4.69, 9.17) is 9.47 Å². The van der Waals surface area contributed by atoms with Crippen molar-refractivity contribution in [1.82, 2.24) is 4.90 Å². The van der Waals surface area contributed by atoms with Gasteiger partial charge >= 0.3 is 0 Å². The van der Waals surface area contributed by atoms with Crippen molar-refractivity contribution in [2.24, 2.45) is 0 Å². The maximum absolute atomic E-state index is 10.0. The minimum Gasteiger partial charge on any atom is -0.508 e. The summed E-state index contributed by atoms with van der Waals surface area (Å²) in [4.78, 5) is 2.47. The summed E-state index contributed by atoms with van der Waals surface area (Å²) in [7, 11) is 1.69. The quantitative estimate of drug-likeness (QED) is 0.341. The Balaban J connectivity index is 1.41. The molecule has 0 amide bonds. The maximum Gasteiger partial charge on any atom is 0.119 e. The number of aromatic hydroxyl groups is 1. The lowest BCUT2D eigenvalue weighted by atomic mass is 9.90. The minimum atomic E-state index is 0.281. The molecule has 0 spiro atoms. The highest BCUT2D eigenvalue weighted by atomic mass is 16.5. The molecule has 1 fully saturated rings. The molecule has 4 nitrogen and oxygen atoms in total. The molecule has 4 aromatic rings. The number of fused-ring (bicyclic) bond motifs is 1. The molecule has 0 saturated carbocycles. The third-order valence-electron chi connectivity index (χ3n) is 6.67. The zero-order valence-corrected chi connectivity index (χ0v) is 19.7. The van der Waals surface area contributed by atoms with Gasteiger partial charge in [0.15, 0.2) is 0 Å². The van der Waals surface area contributed by atoms with Crippen molar-refractivity contribution in [2.75, 3.05) is 33.4 Å². The summed E-state index contributed by atoms with van der Waals surface area (Å²) in [5.41, 5.74) is 4.74. The monoisotopic (exact) mass is 453 g/mol. The van der Waals surface area contributed by atoms with Crippen molar-refractivity contribution >= 4 is 10.8 Å². The Hall–Kier alpha value is -3.50. The molecule has 1 saturated heterocycles. The van der Waals surface area contributed by atoms with Gasteiger partial charge in [-0.1, -0.05) is 42.5 Å². The van der Waals surface area contributed by atoms with E-state index in [9.17, 15) is 5.11 Å². The van der Waals surface area contributed by atoms with Crippen molar-refractivity contribution in [3.05, 3.63) is 90.0 Å². The third kappa shape index (κ3) is 5.02. The van der Waals surface area contributed by atoms with E-state index in [1.165, 1.54) is 42.6 Å². The fourth-order valence-corrected chi connectivity index (χ4v) is 4.84. The maximum atomic E-state index is 10.0. The van der Waals surface area contributed by atoms with E-state index >= 15 is 0 Å². The molecule has 34 heavy (non-hydrogen) atoms. The van der Waals surface area contributed by atoms with E-state index in [0.29, 0.717) is 0 Å². The first-order valence-corrected chi connectivity index (χ1v) is 12.0. The van der Waals surface area contributed by atoms with Crippen LogP contribution in [0.5, 0.6) is 17.2 Å². The second-order valence-corrected chi connectivity index (χ2v) is 8.95. The summed E-state index contributed by atoms with van der Waals surface area (Å²) in [6.45, 7) is 4.11. The lowest BCUT2D eigenvalue weighted by Crippen LogP contribution is -2.25. The molecule has 0 unspecified atom stereocenters. The number of methoxy groups -OCH3 is 1. The predicted octanol–water partition coefficient (Wildman–Crippen LogP) is 6.29. The zero-order chi connectivity index (χ0) is 23.3. The molecule has 0 atom stereocenters. The van der Waals surface area contributed by atoms with Crippen molar-refractivity contribution in [1.29, 1.82) is 0 Å². The molecule has 1 aliphatic rings. The highest BCUT2D eigenvalue weighted by Crippen LogP contribution is 2.35. The molecule has 1 N–H and O–H groups in total.